The zero-order valence-corrected chi connectivity index (χ0v) is 11.6. The summed E-state index contributed by atoms with van der Waals surface area (Å²) in [4.78, 5) is 0. The molecule has 2 N–H and O–H groups in total. The van der Waals surface area contributed by atoms with Crippen molar-refractivity contribution in [2.75, 3.05) is 0 Å². The molecule has 0 heterocycles. The molecule has 0 aliphatic rings. The van der Waals surface area contributed by atoms with Crippen molar-refractivity contribution in [3.8, 4) is 0 Å². The van der Waals surface area contributed by atoms with Gasteiger partial charge in [-0.25, -0.2) is 0 Å². The Balaban J connectivity index is -0.0000000221. The molecule has 0 saturated heterocycles. The number of rotatable bonds is 0. The van der Waals surface area contributed by atoms with Gasteiger partial charge in [0.1, 0.15) is 0 Å². The van der Waals surface area contributed by atoms with Gasteiger partial charge in [-0.15, -0.1) is 11.4 Å². The molecule has 0 radical (unpaired) electrons. The van der Waals surface area contributed by atoms with Crippen LogP contribution in [0.5, 0.6) is 0 Å². The fraction of sp³-hybridized carbons (Fsp3) is 0. The van der Waals surface area contributed by atoms with Gasteiger partial charge in [0.15, 0.2) is 0 Å². The quantitative estimate of drug-likeness (QED) is 0.187. The maximum atomic E-state index is 8.52. The minimum Gasteiger partial charge on any atom is -0.784 e. The van der Waals surface area contributed by atoms with Crippen LogP contribution in [0.25, 0.3) is 0 Å². The van der Waals surface area contributed by atoms with Gasteiger partial charge in [0, 0.05) is 10.4 Å². The SMILES string of the molecule is O.O=S(=O)([O-])[O-].O=S([O-])[O-].[Ca+2].[Ca+2]. The van der Waals surface area contributed by atoms with Crippen LogP contribution in [0.4, 0.5) is 0 Å². The normalized spacial score (nSPS) is 7.75. The van der Waals surface area contributed by atoms with Crippen LogP contribution in [0.2, 0.25) is 0 Å². The third kappa shape index (κ3) is 277. The largest absolute Gasteiger partial charge is 2.00 e. The summed E-state index contributed by atoms with van der Waals surface area (Å²) >= 11 is -3.11. The summed E-state index contributed by atoms with van der Waals surface area (Å²) in [7, 11) is -5.17. The molecule has 0 bridgehead atoms. The van der Waals surface area contributed by atoms with E-state index in [1.165, 1.54) is 0 Å². The summed E-state index contributed by atoms with van der Waals surface area (Å²) in [5, 5.41) is 0. The summed E-state index contributed by atoms with van der Waals surface area (Å²) in [5.74, 6) is 0. The first-order valence-electron chi connectivity index (χ1n) is 1.17. The first kappa shape index (κ1) is 29.3. The Morgan fingerprint density at radius 2 is 1.00 bits per heavy atom. The van der Waals surface area contributed by atoms with E-state index in [0.29, 0.717) is 0 Å². The van der Waals surface area contributed by atoms with E-state index in [-0.39, 0.29) is 81.0 Å². The summed E-state index contributed by atoms with van der Waals surface area (Å²) < 4.78 is 59.4. The van der Waals surface area contributed by atoms with E-state index < -0.39 is 21.8 Å². The summed E-state index contributed by atoms with van der Waals surface area (Å²) in [6.07, 6.45) is 0. The van der Waals surface area contributed by atoms with Crippen molar-refractivity contribution in [2.45, 2.75) is 0 Å². The summed E-state index contributed by atoms with van der Waals surface area (Å²) in [6.45, 7) is 0. The second kappa shape index (κ2) is 15.9. The van der Waals surface area contributed by atoms with Gasteiger partial charge in [0.05, 0.1) is 0 Å². The molecule has 0 aliphatic heterocycles. The van der Waals surface area contributed by atoms with Crippen molar-refractivity contribution < 1.29 is 36.3 Å². The van der Waals surface area contributed by atoms with E-state index in [4.69, 9.17) is 30.8 Å². The summed E-state index contributed by atoms with van der Waals surface area (Å²) in [5.41, 5.74) is 0. The molecule has 8 nitrogen and oxygen atoms in total. The third-order valence-electron chi connectivity index (χ3n) is 0. The molecule has 0 fully saturated rings. The zero-order valence-electron chi connectivity index (χ0n) is 5.59. The van der Waals surface area contributed by atoms with Crippen LogP contribution < -0.4 is 0 Å². The van der Waals surface area contributed by atoms with Gasteiger partial charge in [0.25, 0.3) is 0 Å². The van der Waals surface area contributed by atoms with Crippen LogP contribution >= 0.6 is 0 Å². The molecule has 0 saturated carbocycles. The molecule has 66 valence electrons. The smallest absolute Gasteiger partial charge is 0.784 e. The third-order valence-corrected chi connectivity index (χ3v) is 0. The molecule has 0 spiro atoms. The van der Waals surface area contributed by atoms with Crippen LogP contribution in [0.15, 0.2) is 0 Å². The summed E-state index contributed by atoms with van der Waals surface area (Å²) in [6, 6.07) is 0. The predicted octanol–water partition coefficient (Wildman–Crippen LogP) is -3.93. The maximum absolute atomic E-state index is 8.52. The van der Waals surface area contributed by atoms with Crippen molar-refractivity contribution >= 4 is 97.2 Å². The van der Waals surface area contributed by atoms with Crippen molar-refractivity contribution in [1.29, 1.82) is 0 Å². The van der Waals surface area contributed by atoms with Crippen LogP contribution in [-0.4, -0.2) is 112 Å². The topological polar surface area (TPSA) is 175 Å². The Morgan fingerprint density at radius 3 is 1.00 bits per heavy atom. The van der Waals surface area contributed by atoms with Crippen LogP contribution in [0.3, 0.4) is 0 Å². The Morgan fingerprint density at radius 1 is 1.00 bits per heavy atom. The molecule has 12 heavy (non-hydrogen) atoms. The predicted molar refractivity (Wildman–Crippen MR) is 35.3 cm³/mol. The van der Waals surface area contributed by atoms with Crippen molar-refractivity contribution in [3.63, 3.8) is 0 Å². The molecule has 0 aliphatic carbocycles. The molecular weight excluding hydrogens is 272 g/mol. The molecule has 0 rings (SSSR count). The molecule has 0 amide bonds. The van der Waals surface area contributed by atoms with Crippen molar-refractivity contribution in [2.24, 2.45) is 0 Å². The standard InChI is InChI=1S/2Ca.H2O4S.H2O3S.H2O/c;;1-5(2,3)4;1-4(2)3;/h;;(H2,1,2,3,4);(H2,1,2,3);1H2/q2*+2;;;/p-4. The van der Waals surface area contributed by atoms with E-state index in [0.717, 1.165) is 0 Å². The monoisotopic (exact) mass is 274 g/mol. The average molecular weight is 274 g/mol. The zero-order chi connectivity index (χ0) is 8.08. The van der Waals surface area contributed by atoms with E-state index in [1.54, 1.807) is 0 Å². The first-order chi connectivity index (χ1) is 3.73. The van der Waals surface area contributed by atoms with Gasteiger partial charge < -0.3 is 23.7 Å². The molecule has 0 aromatic rings. The van der Waals surface area contributed by atoms with E-state index in [2.05, 4.69) is 0 Å². The second-order valence-electron chi connectivity index (χ2n) is 0.612. The fourth-order valence-corrected chi connectivity index (χ4v) is 0. The second-order valence-corrected chi connectivity index (χ2v) is 1.84. The van der Waals surface area contributed by atoms with Gasteiger partial charge in [-0.1, -0.05) is 0 Å². The van der Waals surface area contributed by atoms with Crippen molar-refractivity contribution in [1.82, 2.24) is 0 Å². The van der Waals surface area contributed by atoms with Gasteiger partial charge in [-0.05, 0) is 0 Å². The van der Waals surface area contributed by atoms with Crippen LogP contribution in [0, 0.1) is 0 Å². The first-order valence-corrected chi connectivity index (χ1v) is 3.50. The van der Waals surface area contributed by atoms with Gasteiger partial charge in [-0.2, -0.15) is 0 Å². The van der Waals surface area contributed by atoms with Gasteiger partial charge in [-0.3, -0.25) is 12.6 Å². The Hall–Kier alpha value is 2.42. The molecule has 0 atom stereocenters. The number of hydrogen-bond donors (Lipinski definition) is 0. The van der Waals surface area contributed by atoms with Crippen molar-refractivity contribution in [3.05, 3.63) is 0 Å². The maximum Gasteiger partial charge on any atom is 2.00 e. The van der Waals surface area contributed by atoms with E-state index in [1.807, 2.05) is 0 Å². The average Bonchev–Trinajstić information content (AvgIpc) is 1.19. The van der Waals surface area contributed by atoms with E-state index >= 15 is 0 Å². The molecule has 0 aromatic heterocycles. The van der Waals surface area contributed by atoms with Gasteiger partial charge in [0.2, 0.25) is 0 Å². The molecule has 0 unspecified atom stereocenters. The van der Waals surface area contributed by atoms with Crippen LogP contribution in [-0.2, 0) is 21.8 Å². The fourth-order valence-electron chi connectivity index (χ4n) is 0. The minimum atomic E-state index is -5.17. The Kier molecular flexibility index (Phi) is 38.7. The Bertz CT molecular complexity index is 157. The molecule has 12 heteroatoms. The van der Waals surface area contributed by atoms with Gasteiger partial charge >= 0.3 is 75.5 Å². The van der Waals surface area contributed by atoms with E-state index in [9.17, 15) is 0 Å². The molecule has 0 aromatic carbocycles. The Labute approximate surface area is 131 Å². The van der Waals surface area contributed by atoms with Crippen LogP contribution in [0.1, 0.15) is 0 Å². The number of hydrogen-bond acceptors (Lipinski definition) is 7. The minimum absolute atomic E-state index is 0. The molecular formula is H2Ca2O8S2.